The summed E-state index contributed by atoms with van der Waals surface area (Å²) in [7, 11) is 0. The molecular weight excluding hydrogens is 240 g/mol. The van der Waals surface area contributed by atoms with Gasteiger partial charge < -0.3 is 5.11 Å². The topological polar surface area (TPSA) is 72.2 Å². The van der Waals surface area contributed by atoms with Crippen LogP contribution in [0, 0.1) is 0 Å². The minimum Gasteiger partial charge on any atom is -0.480 e. The van der Waals surface area contributed by atoms with Crippen molar-refractivity contribution < 1.29 is 9.90 Å². The molecular formula is C11H10N2O3S. The van der Waals surface area contributed by atoms with E-state index in [-0.39, 0.29) is 0 Å². The molecule has 0 aliphatic rings. The zero-order valence-electron chi connectivity index (χ0n) is 9.03. The summed E-state index contributed by atoms with van der Waals surface area (Å²) in [5, 5.41) is 16.7. The van der Waals surface area contributed by atoms with Crippen molar-refractivity contribution in [2.45, 2.75) is 13.0 Å². The number of hydrogen-bond donors (Lipinski definition) is 1. The van der Waals surface area contributed by atoms with Gasteiger partial charge in [0.15, 0.2) is 6.04 Å². The second-order valence-corrected chi connectivity index (χ2v) is 4.31. The molecule has 0 bridgehead atoms. The number of carbonyl (C=O) groups is 1. The maximum absolute atomic E-state index is 11.5. The quantitative estimate of drug-likeness (QED) is 0.898. The summed E-state index contributed by atoms with van der Waals surface area (Å²) in [5.74, 6) is -1.08. The predicted molar refractivity (Wildman–Crippen MR) is 64.2 cm³/mol. The molecule has 0 saturated carbocycles. The van der Waals surface area contributed by atoms with Crippen LogP contribution in [0.25, 0.3) is 11.3 Å². The number of hydrogen-bond acceptors (Lipinski definition) is 4. The number of aliphatic carboxylic acids is 1. The third-order valence-corrected chi connectivity index (χ3v) is 3.05. The molecule has 0 aromatic carbocycles. The predicted octanol–water partition coefficient (Wildman–Crippen LogP) is 1.62. The van der Waals surface area contributed by atoms with Crippen LogP contribution in [-0.2, 0) is 4.79 Å². The molecule has 0 fully saturated rings. The number of rotatable bonds is 3. The highest BCUT2D eigenvalue weighted by Crippen LogP contribution is 2.18. The van der Waals surface area contributed by atoms with Crippen LogP contribution in [0.4, 0.5) is 0 Å². The van der Waals surface area contributed by atoms with Gasteiger partial charge in [-0.15, -0.1) is 0 Å². The van der Waals surface area contributed by atoms with Crippen molar-refractivity contribution in [1.29, 1.82) is 0 Å². The molecule has 1 N–H and O–H groups in total. The standard InChI is InChI=1S/C11H10N2O3S/c1-7(11(15)16)13-10(14)3-2-9(12-13)8-4-5-17-6-8/h2-7H,1H3,(H,15,16). The summed E-state index contributed by atoms with van der Waals surface area (Å²) in [6.07, 6.45) is 0. The minimum atomic E-state index is -1.08. The van der Waals surface area contributed by atoms with E-state index < -0.39 is 17.6 Å². The largest absolute Gasteiger partial charge is 0.480 e. The fourth-order valence-corrected chi connectivity index (χ4v) is 2.02. The third-order valence-electron chi connectivity index (χ3n) is 2.37. The second kappa shape index (κ2) is 4.50. The summed E-state index contributed by atoms with van der Waals surface area (Å²) in [6.45, 7) is 1.42. The Kier molecular flexibility index (Phi) is 3.06. The van der Waals surface area contributed by atoms with Crippen LogP contribution in [0.1, 0.15) is 13.0 Å². The van der Waals surface area contributed by atoms with Gasteiger partial charge in [-0.1, -0.05) is 0 Å². The average molecular weight is 250 g/mol. The lowest BCUT2D eigenvalue weighted by atomic mass is 10.2. The lowest BCUT2D eigenvalue weighted by Gasteiger charge is -2.09. The second-order valence-electron chi connectivity index (χ2n) is 3.53. The molecule has 88 valence electrons. The first-order chi connectivity index (χ1) is 8.09. The van der Waals surface area contributed by atoms with E-state index in [2.05, 4.69) is 5.10 Å². The number of nitrogens with zero attached hydrogens (tertiary/aromatic N) is 2. The molecule has 0 spiro atoms. The van der Waals surface area contributed by atoms with Gasteiger partial charge in [-0.05, 0) is 24.4 Å². The lowest BCUT2D eigenvalue weighted by molar-refractivity contribution is -0.140. The molecule has 2 rings (SSSR count). The van der Waals surface area contributed by atoms with Crippen molar-refractivity contribution in [3.63, 3.8) is 0 Å². The molecule has 2 heterocycles. The van der Waals surface area contributed by atoms with E-state index in [0.29, 0.717) is 5.69 Å². The molecule has 0 aliphatic carbocycles. The van der Waals surface area contributed by atoms with E-state index >= 15 is 0 Å². The Morgan fingerprint density at radius 2 is 2.24 bits per heavy atom. The fourth-order valence-electron chi connectivity index (χ4n) is 1.37. The first-order valence-electron chi connectivity index (χ1n) is 4.95. The van der Waals surface area contributed by atoms with Crippen LogP contribution in [0.2, 0.25) is 0 Å². The molecule has 6 heteroatoms. The molecule has 0 amide bonds. The van der Waals surface area contributed by atoms with Crippen molar-refractivity contribution in [1.82, 2.24) is 9.78 Å². The van der Waals surface area contributed by atoms with Crippen molar-refractivity contribution in [2.24, 2.45) is 0 Å². The van der Waals surface area contributed by atoms with Crippen molar-refractivity contribution in [3.05, 3.63) is 39.3 Å². The minimum absolute atomic E-state index is 0.418. The van der Waals surface area contributed by atoms with Gasteiger partial charge in [0.25, 0.3) is 5.56 Å². The summed E-state index contributed by atoms with van der Waals surface area (Å²) in [6, 6.07) is 3.82. The summed E-state index contributed by atoms with van der Waals surface area (Å²) in [4.78, 5) is 22.4. The van der Waals surface area contributed by atoms with Gasteiger partial charge in [0, 0.05) is 17.0 Å². The van der Waals surface area contributed by atoms with Crippen molar-refractivity contribution in [2.75, 3.05) is 0 Å². The van der Waals surface area contributed by atoms with Crippen LogP contribution in [-0.4, -0.2) is 20.9 Å². The SMILES string of the molecule is CC(C(=O)O)n1nc(-c2ccsc2)ccc1=O. The van der Waals surface area contributed by atoms with Gasteiger partial charge in [-0.2, -0.15) is 16.4 Å². The van der Waals surface area contributed by atoms with Crippen LogP contribution < -0.4 is 5.56 Å². The Balaban J connectivity index is 2.50. The number of carboxylic acid groups (broad SMARTS) is 1. The third kappa shape index (κ3) is 2.26. The Labute approximate surface area is 101 Å². The van der Waals surface area contributed by atoms with Crippen LogP contribution in [0.5, 0.6) is 0 Å². The Bertz CT molecular complexity index is 589. The smallest absolute Gasteiger partial charge is 0.328 e. The molecule has 1 atom stereocenters. The van der Waals surface area contributed by atoms with Crippen LogP contribution >= 0.6 is 11.3 Å². The lowest BCUT2D eigenvalue weighted by Crippen LogP contribution is -2.29. The maximum Gasteiger partial charge on any atom is 0.328 e. The highest BCUT2D eigenvalue weighted by molar-refractivity contribution is 7.08. The van der Waals surface area contributed by atoms with Gasteiger partial charge >= 0.3 is 5.97 Å². The Morgan fingerprint density at radius 1 is 1.47 bits per heavy atom. The molecule has 2 aromatic rings. The molecule has 0 radical (unpaired) electrons. The van der Waals surface area contributed by atoms with Gasteiger partial charge in [0.1, 0.15) is 0 Å². The van der Waals surface area contributed by atoms with Gasteiger partial charge in [-0.3, -0.25) is 4.79 Å². The molecule has 5 nitrogen and oxygen atoms in total. The highest BCUT2D eigenvalue weighted by atomic mass is 32.1. The van der Waals surface area contributed by atoms with Gasteiger partial charge in [-0.25, -0.2) is 9.48 Å². The van der Waals surface area contributed by atoms with Crippen LogP contribution in [0.3, 0.4) is 0 Å². The molecule has 0 saturated heterocycles. The van der Waals surface area contributed by atoms with Crippen molar-refractivity contribution in [3.8, 4) is 11.3 Å². The Hall–Kier alpha value is -1.95. The zero-order chi connectivity index (χ0) is 12.4. The maximum atomic E-state index is 11.5. The fraction of sp³-hybridized carbons (Fsp3) is 0.182. The van der Waals surface area contributed by atoms with E-state index in [1.807, 2.05) is 16.8 Å². The normalized spacial score (nSPS) is 12.3. The summed E-state index contributed by atoms with van der Waals surface area (Å²) < 4.78 is 0.981. The molecule has 0 aliphatic heterocycles. The van der Waals surface area contributed by atoms with Gasteiger partial charge in [0.05, 0.1) is 5.69 Å². The van der Waals surface area contributed by atoms with Crippen molar-refractivity contribution >= 4 is 17.3 Å². The van der Waals surface area contributed by atoms with E-state index in [0.717, 1.165) is 10.2 Å². The number of thiophene rings is 1. The highest BCUT2D eigenvalue weighted by Gasteiger charge is 2.16. The monoisotopic (exact) mass is 250 g/mol. The molecule has 17 heavy (non-hydrogen) atoms. The first kappa shape index (κ1) is 11.5. The van der Waals surface area contributed by atoms with Crippen LogP contribution in [0.15, 0.2) is 33.8 Å². The Morgan fingerprint density at radius 3 is 2.82 bits per heavy atom. The van der Waals surface area contributed by atoms with E-state index in [4.69, 9.17) is 5.11 Å². The van der Waals surface area contributed by atoms with E-state index in [1.54, 1.807) is 6.07 Å². The average Bonchev–Trinajstić information content (AvgIpc) is 2.82. The summed E-state index contributed by atoms with van der Waals surface area (Å²) in [5.41, 5.74) is 1.05. The van der Waals surface area contributed by atoms with E-state index in [9.17, 15) is 9.59 Å². The molecule has 2 aromatic heterocycles. The molecule has 1 unspecified atom stereocenters. The number of aromatic nitrogens is 2. The van der Waals surface area contributed by atoms with Gasteiger partial charge in [0.2, 0.25) is 0 Å². The zero-order valence-corrected chi connectivity index (χ0v) is 9.85. The summed E-state index contributed by atoms with van der Waals surface area (Å²) >= 11 is 1.52. The first-order valence-corrected chi connectivity index (χ1v) is 5.89. The number of carboxylic acids is 1. The van der Waals surface area contributed by atoms with E-state index in [1.165, 1.54) is 24.3 Å².